The highest BCUT2D eigenvalue weighted by Crippen LogP contribution is 2.20. The number of hydrogen-bond acceptors (Lipinski definition) is 0. The van der Waals surface area contributed by atoms with Crippen LogP contribution in [0.1, 0.15) is 16.7 Å². The van der Waals surface area contributed by atoms with Crippen LogP contribution in [0.4, 0.5) is 4.39 Å². The minimum absolute atomic E-state index is 0.180. The van der Waals surface area contributed by atoms with Crippen LogP contribution in [0.25, 0.3) is 0 Å². The normalized spacial score (nSPS) is 10.4. The summed E-state index contributed by atoms with van der Waals surface area (Å²) in [5.74, 6) is -0.180. The van der Waals surface area contributed by atoms with E-state index >= 15 is 0 Å². The molecule has 0 nitrogen and oxygen atoms in total. The predicted molar refractivity (Wildman–Crippen MR) is 72.8 cm³/mol. The van der Waals surface area contributed by atoms with E-state index in [2.05, 4.69) is 40.8 Å². The molecule has 0 aliphatic carbocycles. The summed E-state index contributed by atoms with van der Waals surface area (Å²) in [5.41, 5.74) is 2.85. The molecule has 0 spiro atoms. The lowest BCUT2D eigenvalue weighted by molar-refractivity contribution is 0.621. The van der Waals surface area contributed by atoms with Gasteiger partial charge in [0.1, 0.15) is 5.82 Å². The van der Waals surface area contributed by atoms with Crippen LogP contribution in [0.15, 0.2) is 42.5 Å². The molecule has 0 N–H and O–H groups in total. The Kier molecular flexibility index (Phi) is 3.59. The maximum absolute atomic E-state index is 13.5. The van der Waals surface area contributed by atoms with Crippen LogP contribution in [0.2, 0.25) is 0 Å². The summed E-state index contributed by atoms with van der Waals surface area (Å²) in [6, 6.07) is 13.0. The summed E-state index contributed by atoms with van der Waals surface area (Å²) in [6.45, 7) is 2.03. The molecule has 81 valence electrons. The molecule has 2 aromatic carbocycles. The molecule has 2 aromatic rings. The molecule has 0 atom stereocenters. The first-order valence-electron chi connectivity index (χ1n) is 5.02. The SMILES string of the molecule is Cc1ccc(I)cc1[CH]c1ccccc1F. The quantitative estimate of drug-likeness (QED) is 0.721. The molecule has 0 unspecified atom stereocenters. The topological polar surface area (TPSA) is 0 Å². The van der Waals surface area contributed by atoms with Crippen LogP contribution in [0.3, 0.4) is 0 Å². The van der Waals surface area contributed by atoms with Crippen molar-refractivity contribution >= 4 is 22.6 Å². The van der Waals surface area contributed by atoms with Gasteiger partial charge in [-0.15, -0.1) is 0 Å². The first-order chi connectivity index (χ1) is 7.66. The van der Waals surface area contributed by atoms with Crippen LogP contribution in [-0.2, 0) is 0 Å². The van der Waals surface area contributed by atoms with Gasteiger partial charge in [0.2, 0.25) is 0 Å². The second-order valence-corrected chi connectivity index (χ2v) is 4.91. The zero-order chi connectivity index (χ0) is 11.5. The molecular weight excluding hydrogens is 314 g/mol. The van der Waals surface area contributed by atoms with Crippen LogP contribution in [0, 0.1) is 22.7 Å². The van der Waals surface area contributed by atoms with E-state index in [9.17, 15) is 4.39 Å². The molecule has 1 radical (unpaired) electrons. The van der Waals surface area contributed by atoms with Crippen molar-refractivity contribution in [1.29, 1.82) is 0 Å². The van der Waals surface area contributed by atoms with Crippen LogP contribution >= 0.6 is 22.6 Å². The van der Waals surface area contributed by atoms with Crippen molar-refractivity contribution in [3.8, 4) is 0 Å². The molecule has 0 fully saturated rings. The van der Waals surface area contributed by atoms with Crippen molar-refractivity contribution in [2.24, 2.45) is 0 Å². The molecule has 2 heteroatoms. The molecule has 0 heterocycles. The van der Waals surface area contributed by atoms with E-state index in [4.69, 9.17) is 0 Å². The zero-order valence-electron chi connectivity index (χ0n) is 8.87. The first kappa shape index (κ1) is 11.6. The van der Waals surface area contributed by atoms with Gasteiger partial charge < -0.3 is 0 Å². The summed E-state index contributed by atoms with van der Waals surface area (Å²) in [7, 11) is 0. The number of benzene rings is 2. The lowest BCUT2D eigenvalue weighted by Crippen LogP contribution is -1.93. The Hall–Kier alpha value is -0.900. The second-order valence-electron chi connectivity index (χ2n) is 3.67. The molecule has 2 rings (SSSR count). The van der Waals surface area contributed by atoms with Gasteiger partial charge in [-0.05, 0) is 64.4 Å². The third-order valence-corrected chi connectivity index (χ3v) is 3.13. The molecule has 0 aliphatic rings. The Morgan fingerprint density at radius 1 is 1.06 bits per heavy atom. The molecule has 0 saturated carbocycles. The van der Waals surface area contributed by atoms with Crippen molar-refractivity contribution in [3.63, 3.8) is 0 Å². The molecule has 0 amide bonds. The average Bonchev–Trinajstić information content (AvgIpc) is 2.27. The monoisotopic (exact) mass is 325 g/mol. The molecule has 0 bridgehead atoms. The summed E-state index contributed by atoms with van der Waals surface area (Å²) in [5, 5.41) is 0. The summed E-state index contributed by atoms with van der Waals surface area (Å²) < 4.78 is 14.6. The molecular formula is C14H11FI. The summed E-state index contributed by atoms with van der Waals surface area (Å²) in [4.78, 5) is 0. The van der Waals surface area contributed by atoms with Crippen LogP contribution in [-0.4, -0.2) is 0 Å². The fraction of sp³-hybridized carbons (Fsp3) is 0.0714. The van der Waals surface area contributed by atoms with Gasteiger partial charge in [-0.2, -0.15) is 0 Å². The van der Waals surface area contributed by atoms with Gasteiger partial charge in [0.25, 0.3) is 0 Å². The second kappa shape index (κ2) is 4.95. The molecule has 0 saturated heterocycles. The minimum Gasteiger partial charge on any atom is -0.207 e. The Labute approximate surface area is 109 Å². The maximum Gasteiger partial charge on any atom is 0.127 e. The Balaban J connectivity index is 2.34. The van der Waals surface area contributed by atoms with E-state index < -0.39 is 0 Å². The Morgan fingerprint density at radius 3 is 2.56 bits per heavy atom. The average molecular weight is 325 g/mol. The van der Waals surface area contributed by atoms with Gasteiger partial charge in [0.05, 0.1) is 0 Å². The fourth-order valence-electron chi connectivity index (χ4n) is 1.53. The van der Waals surface area contributed by atoms with E-state index in [-0.39, 0.29) is 5.82 Å². The highest BCUT2D eigenvalue weighted by molar-refractivity contribution is 14.1. The van der Waals surface area contributed by atoms with Crippen molar-refractivity contribution in [3.05, 3.63) is 75.0 Å². The molecule has 0 aromatic heterocycles. The van der Waals surface area contributed by atoms with Crippen LogP contribution in [0.5, 0.6) is 0 Å². The molecule has 16 heavy (non-hydrogen) atoms. The van der Waals surface area contributed by atoms with E-state index in [0.29, 0.717) is 5.56 Å². The van der Waals surface area contributed by atoms with E-state index in [1.807, 2.05) is 19.4 Å². The fourth-order valence-corrected chi connectivity index (χ4v) is 2.04. The van der Waals surface area contributed by atoms with Gasteiger partial charge >= 0.3 is 0 Å². The van der Waals surface area contributed by atoms with Crippen molar-refractivity contribution in [2.75, 3.05) is 0 Å². The van der Waals surface area contributed by atoms with Gasteiger partial charge in [-0.25, -0.2) is 4.39 Å². The van der Waals surface area contributed by atoms with Crippen molar-refractivity contribution in [1.82, 2.24) is 0 Å². The van der Waals surface area contributed by atoms with Gasteiger partial charge in [0, 0.05) is 9.99 Å². The smallest absolute Gasteiger partial charge is 0.127 e. The number of rotatable bonds is 2. The highest BCUT2D eigenvalue weighted by Gasteiger charge is 2.05. The number of hydrogen-bond donors (Lipinski definition) is 0. The maximum atomic E-state index is 13.5. The zero-order valence-corrected chi connectivity index (χ0v) is 11.0. The highest BCUT2D eigenvalue weighted by atomic mass is 127. The van der Waals surface area contributed by atoms with Crippen LogP contribution < -0.4 is 0 Å². The first-order valence-corrected chi connectivity index (χ1v) is 6.10. The summed E-state index contributed by atoms with van der Waals surface area (Å²) >= 11 is 2.26. The lowest BCUT2D eigenvalue weighted by atomic mass is 10.0. The van der Waals surface area contributed by atoms with Crippen molar-refractivity contribution in [2.45, 2.75) is 6.92 Å². The third-order valence-electron chi connectivity index (χ3n) is 2.46. The Bertz CT molecular complexity index is 506. The standard InChI is InChI=1S/C14H11FI/c1-10-6-7-13(16)9-12(10)8-11-4-2-3-5-14(11)15/h2-9H,1H3. The largest absolute Gasteiger partial charge is 0.207 e. The molecule has 0 aliphatic heterocycles. The predicted octanol–water partition coefficient (Wildman–Crippen LogP) is 4.34. The minimum atomic E-state index is -0.180. The Morgan fingerprint density at radius 2 is 1.81 bits per heavy atom. The van der Waals surface area contributed by atoms with Gasteiger partial charge in [0.15, 0.2) is 0 Å². The van der Waals surface area contributed by atoms with E-state index in [1.54, 1.807) is 12.1 Å². The number of aryl methyl sites for hydroxylation is 1. The van der Waals surface area contributed by atoms with Crippen molar-refractivity contribution < 1.29 is 4.39 Å². The third kappa shape index (κ3) is 2.61. The number of halogens is 2. The van der Waals surface area contributed by atoms with Gasteiger partial charge in [-0.3, -0.25) is 0 Å². The van der Waals surface area contributed by atoms with E-state index in [0.717, 1.165) is 14.7 Å². The lowest BCUT2D eigenvalue weighted by Gasteiger charge is -2.07. The summed E-state index contributed by atoms with van der Waals surface area (Å²) in [6.07, 6.45) is 1.88. The van der Waals surface area contributed by atoms with Gasteiger partial charge in [-0.1, -0.05) is 24.3 Å². The van der Waals surface area contributed by atoms with E-state index in [1.165, 1.54) is 6.07 Å².